The monoisotopic (exact) mass is 426 g/mol. The summed E-state index contributed by atoms with van der Waals surface area (Å²) in [5.41, 5.74) is 3.55. The summed E-state index contributed by atoms with van der Waals surface area (Å²) in [6.45, 7) is 0. The fourth-order valence-corrected chi connectivity index (χ4v) is 5.39. The molecule has 5 heteroatoms. The van der Waals surface area contributed by atoms with Gasteiger partial charge < -0.3 is 5.11 Å². The standard InChI is InChI=1S/C26H22N2O2S/c27-26-24(25(30)17-9-3-1-4-10-17)23(21-15-8-16-31-21)22-19(13-7-14-20(22)29)28(26)18-11-5-2-6-12-18/h1-6,8-12,15-16,23,27,30H,7,13-14H2/t23-/m0/s1. The number of aliphatic hydroxyl groups excluding tert-OH is 1. The van der Waals surface area contributed by atoms with Crippen LogP contribution >= 0.6 is 11.3 Å². The van der Waals surface area contributed by atoms with Crippen LogP contribution in [0.25, 0.3) is 5.76 Å². The lowest BCUT2D eigenvalue weighted by atomic mass is 9.76. The maximum atomic E-state index is 13.3. The molecule has 2 N–H and O–H groups in total. The highest BCUT2D eigenvalue weighted by Crippen LogP contribution is 2.48. The minimum Gasteiger partial charge on any atom is -0.507 e. The van der Waals surface area contributed by atoms with E-state index in [0.717, 1.165) is 29.1 Å². The SMILES string of the molecule is N=C1C(=C(O)c2ccccc2)[C@@H](c2cccs2)C2=C(CCCC2=O)N1c1ccccc1. The molecule has 4 nitrogen and oxygen atoms in total. The van der Waals surface area contributed by atoms with Gasteiger partial charge in [-0.2, -0.15) is 0 Å². The average Bonchev–Trinajstić information content (AvgIpc) is 3.34. The van der Waals surface area contributed by atoms with Gasteiger partial charge in [-0.05, 0) is 36.4 Å². The predicted octanol–water partition coefficient (Wildman–Crippen LogP) is 6.31. The van der Waals surface area contributed by atoms with Crippen LogP contribution in [0.15, 0.2) is 95.0 Å². The molecular formula is C26H22N2O2S. The molecule has 5 rings (SSSR count). The van der Waals surface area contributed by atoms with Crippen molar-refractivity contribution in [3.8, 4) is 0 Å². The van der Waals surface area contributed by atoms with Crippen LogP contribution < -0.4 is 4.90 Å². The third kappa shape index (κ3) is 3.31. The Hall–Kier alpha value is -3.44. The molecule has 0 saturated carbocycles. The van der Waals surface area contributed by atoms with E-state index in [2.05, 4.69) is 0 Å². The van der Waals surface area contributed by atoms with Crippen molar-refractivity contribution >= 4 is 34.4 Å². The Labute approximate surface area is 185 Å². The molecule has 1 aliphatic heterocycles. The fourth-order valence-electron chi connectivity index (χ4n) is 4.55. The summed E-state index contributed by atoms with van der Waals surface area (Å²) < 4.78 is 0. The van der Waals surface area contributed by atoms with E-state index >= 15 is 0 Å². The van der Waals surface area contributed by atoms with Crippen LogP contribution in [0.4, 0.5) is 5.69 Å². The van der Waals surface area contributed by atoms with Crippen LogP contribution in [-0.4, -0.2) is 16.7 Å². The number of para-hydroxylation sites is 1. The summed E-state index contributed by atoms with van der Waals surface area (Å²) in [4.78, 5) is 16.1. The Balaban J connectivity index is 1.82. The van der Waals surface area contributed by atoms with Crippen LogP contribution in [0.5, 0.6) is 0 Å². The molecule has 31 heavy (non-hydrogen) atoms. The Morgan fingerprint density at radius 3 is 2.35 bits per heavy atom. The first-order chi connectivity index (χ1) is 15.2. The molecule has 0 radical (unpaired) electrons. The molecule has 2 aromatic carbocycles. The van der Waals surface area contributed by atoms with Gasteiger partial charge in [-0.25, -0.2) is 0 Å². The lowest BCUT2D eigenvalue weighted by Crippen LogP contribution is -2.42. The summed E-state index contributed by atoms with van der Waals surface area (Å²) in [6, 6.07) is 22.9. The number of carbonyl (C=O) groups excluding carboxylic acids is 1. The molecule has 2 aliphatic rings. The quantitative estimate of drug-likeness (QED) is 0.483. The molecule has 154 valence electrons. The number of benzene rings is 2. The number of amidine groups is 1. The number of nitrogens with zero attached hydrogens (tertiary/aromatic N) is 1. The first kappa shape index (κ1) is 19.5. The Bertz CT molecular complexity index is 1190. The third-order valence-corrected chi connectivity index (χ3v) is 6.84. The topological polar surface area (TPSA) is 64.4 Å². The van der Waals surface area contributed by atoms with E-state index in [1.807, 2.05) is 83.1 Å². The van der Waals surface area contributed by atoms with Gasteiger partial charge in [-0.15, -0.1) is 11.3 Å². The van der Waals surface area contributed by atoms with E-state index in [9.17, 15) is 15.3 Å². The zero-order valence-electron chi connectivity index (χ0n) is 16.9. The Morgan fingerprint density at radius 2 is 1.68 bits per heavy atom. The molecule has 1 aromatic heterocycles. The van der Waals surface area contributed by atoms with Gasteiger partial charge in [0.15, 0.2) is 5.78 Å². The zero-order chi connectivity index (χ0) is 21.4. The lowest BCUT2D eigenvalue weighted by Gasteiger charge is -2.41. The number of hydrogen-bond donors (Lipinski definition) is 2. The van der Waals surface area contributed by atoms with Crippen LogP contribution in [0.1, 0.15) is 35.6 Å². The number of carbonyl (C=O) groups is 1. The summed E-state index contributed by atoms with van der Waals surface area (Å²) in [6.07, 6.45) is 2.00. The summed E-state index contributed by atoms with van der Waals surface area (Å²) >= 11 is 1.56. The van der Waals surface area contributed by atoms with E-state index < -0.39 is 5.92 Å². The van der Waals surface area contributed by atoms with Crippen LogP contribution in [-0.2, 0) is 4.79 Å². The molecule has 0 saturated heterocycles. The highest BCUT2D eigenvalue weighted by atomic mass is 32.1. The van der Waals surface area contributed by atoms with E-state index in [4.69, 9.17) is 0 Å². The maximum absolute atomic E-state index is 13.3. The van der Waals surface area contributed by atoms with Gasteiger partial charge in [-0.3, -0.25) is 15.1 Å². The third-order valence-electron chi connectivity index (χ3n) is 5.90. The van der Waals surface area contributed by atoms with E-state index in [1.165, 1.54) is 0 Å². The molecule has 0 unspecified atom stereocenters. The van der Waals surface area contributed by atoms with Gasteiger partial charge in [0.25, 0.3) is 0 Å². The van der Waals surface area contributed by atoms with Gasteiger partial charge in [0.05, 0.1) is 11.5 Å². The number of ketones is 1. The molecule has 1 atom stereocenters. The van der Waals surface area contributed by atoms with Gasteiger partial charge in [0, 0.05) is 33.8 Å². The second kappa shape index (κ2) is 8.00. The average molecular weight is 427 g/mol. The number of nitrogens with one attached hydrogen (secondary N) is 1. The largest absolute Gasteiger partial charge is 0.507 e. The van der Waals surface area contributed by atoms with Gasteiger partial charge in [0.2, 0.25) is 0 Å². The molecule has 3 aromatic rings. The molecule has 0 bridgehead atoms. The van der Waals surface area contributed by atoms with Crippen LogP contribution in [0, 0.1) is 5.41 Å². The highest BCUT2D eigenvalue weighted by molar-refractivity contribution is 7.10. The van der Waals surface area contributed by atoms with E-state index in [1.54, 1.807) is 11.3 Å². The normalized spacial score (nSPS) is 20.6. The van der Waals surface area contributed by atoms with Crippen LogP contribution in [0.2, 0.25) is 0 Å². The summed E-state index contributed by atoms with van der Waals surface area (Å²) in [7, 11) is 0. The van der Waals surface area contributed by atoms with Crippen molar-refractivity contribution in [2.24, 2.45) is 0 Å². The van der Waals surface area contributed by atoms with Crippen molar-refractivity contribution in [1.82, 2.24) is 0 Å². The number of thiophene rings is 1. The molecule has 0 spiro atoms. The highest BCUT2D eigenvalue weighted by Gasteiger charge is 2.43. The number of anilines is 1. The van der Waals surface area contributed by atoms with Gasteiger partial charge in [0.1, 0.15) is 11.6 Å². The molecule has 0 fully saturated rings. The fraction of sp³-hybridized carbons (Fsp3) is 0.154. The number of allylic oxidation sites excluding steroid dienone is 2. The van der Waals surface area contributed by atoms with Crippen molar-refractivity contribution in [2.75, 3.05) is 4.90 Å². The molecular weight excluding hydrogens is 404 g/mol. The van der Waals surface area contributed by atoms with Crippen molar-refractivity contribution in [2.45, 2.75) is 25.2 Å². The number of rotatable bonds is 3. The summed E-state index contributed by atoms with van der Waals surface area (Å²) in [5, 5.41) is 22.6. The van der Waals surface area contributed by atoms with Gasteiger partial charge >= 0.3 is 0 Å². The number of aliphatic hydroxyl groups is 1. The first-order valence-corrected chi connectivity index (χ1v) is 11.3. The lowest BCUT2D eigenvalue weighted by molar-refractivity contribution is -0.116. The smallest absolute Gasteiger partial charge is 0.161 e. The van der Waals surface area contributed by atoms with Crippen molar-refractivity contribution in [3.05, 3.63) is 105 Å². The number of hydrogen-bond acceptors (Lipinski definition) is 4. The Morgan fingerprint density at radius 1 is 0.968 bits per heavy atom. The van der Waals surface area contributed by atoms with E-state index in [-0.39, 0.29) is 17.4 Å². The van der Waals surface area contributed by atoms with Crippen molar-refractivity contribution < 1.29 is 9.90 Å². The summed E-state index contributed by atoms with van der Waals surface area (Å²) in [5.74, 6) is -0.0591. The predicted molar refractivity (Wildman–Crippen MR) is 126 cm³/mol. The van der Waals surface area contributed by atoms with E-state index in [0.29, 0.717) is 23.1 Å². The maximum Gasteiger partial charge on any atom is 0.161 e. The van der Waals surface area contributed by atoms with Gasteiger partial charge in [-0.1, -0.05) is 54.6 Å². The molecule has 0 amide bonds. The number of Topliss-reactive ketones (excluding diaryl/α,β-unsaturated/α-hetero) is 1. The molecule has 2 heterocycles. The second-order valence-corrected chi connectivity index (χ2v) is 8.71. The van der Waals surface area contributed by atoms with Crippen molar-refractivity contribution in [1.29, 1.82) is 5.41 Å². The first-order valence-electron chi connectivity index (χ1n) is 10.4. The molecule has 1 aliphatic carbocycles. The van der Waals surface area contributed by atoms with Crippen LogP contribution in [0.3, 0.4) is 0 Å². The minimum absolute atomic E-state index is 0.0508. The minimum atomic E-state index is -0.435. The second-order valence-electron chi connectivity index (χ2n) is 7.73. The van der Waals surface area contributed by atoms with Crippen molar-refractivity contribution in [3.63, 3.8) is 0 Å². The zero-order valence-corrected chi connectivity index (χ0v) is 17.7. The Kier molecular flexibility index (Phi) is 5.04.